The molecule has 0 unspecified atom stereocenters. The minimum Gasteiger partial charge on any atom is -0.467 e. The number of nitrogens with zero attached hydrogens (tertiary/aromatic N) is 1. The van der Waals surface area contributed by atoms with Crippen LogP contribution < -0.4 is 10.2 Å². The van der Waals surface area contributed by atoms with Crippen molar-refractivity contribution in [2.24, 2.45) is 0 Å². The van der Waals surface area contributed by atoms with E-state index < -0.39 is 6.10 Å². The van der Waals surface area contributed by atoms with Crippen LogP contribution in [0.2, 0.25) is 0 Å². The highest BCUT2D eigenvalue weighted by Gasteiger charge is 2.24. The van der Waals surface area contributed by atoms with E-state index in [9.17, 15) is 19.1 Å². The summed E-state index contributed by atoms with van der Waals surface area (Å²) in [5.41, 5.74) is 1.43. The Morgan fingerprint density at radius 3 is 2.96 bits per heavy atom. The Balaban J connectivity index is 1.54. The van der Waals surface area contributed by atoms with Crippen molar-refractivity contribution in [1.29, 1.82) is 0 Å². The van der Waals surface area contributed by atoms with Crippen LogP contribution in [0.4, 0.5) is 10.1 Å². The molecule has 6 nitrogen and oxygen atoms in total. The molecule has 2 N–H and O–H groups in total. The number of anilines is 1. The Morgan fingerprint density at radius 2 is 2.20 bits per heavy atom. The lowest BCUT2D eigenvalue weighted by Crippen LogP contribution is -2.38. The second-order valence-corrected chi connectivity index (χ2v) is 5.90. The van der Waals surface area contributed by atoms with Crippen LogP contribution >= 0.6 is 0 Å². The topological polar surface area (TPSA) is 82.8 Å². The minimum absolute atomic E-state index is 0.0299. The molecule has 0 saturated heterocycles. The molecule has 2 heterocycles. The molecule has 2 aromatic rings. The van der Waals surface area contributed by atoms with Gasteiger partial charge in [0.15, 0.2) is 0 Å². The third-order valence-electron chi connectivity index (χ3n) is 4.17. The van der Waals surface area contributed by atoms with Gasteiger partial charge in [-0.1, -0.05) is 0 Å². The van der Waals surface area contributed by atoms with E-state index in [1.807, 2.05) is 0 Å². The molecule has 0 saturated carbocycles. The lowest BCUT2D eigenvalue weighted by Gasteiger charge is -2.29. The summed E-state index contributed by atoms with van der Waals surface area (Å²) in [4.78, 5) is 25.6. The predicted molar refractivity (Wildman–Crippen MR) is 88.4 cm³/mol. The van der Waals surface area contributed by atoms with Crippen molar-refractivity contribution in [3.05, 3.63) is 53.7 Å². The molecule has 0 bridgehead atoms. The summed E-state index contributed by atoms with van der Waals surface area (Å²) in [5, 5.41) is 12.5. The van der Waals surface area contributed by atoms with Gasteiger partial charge < -0.3 is 19.7 Å². The molecule has 2 amide bonds. The number of benzene rings is 1. The van der Waals surface area contributed by atoms with Gasteiger partial charge in [0.1, 0.15) is 17.7 Å². The molecular formula is C18H19FN2O4. The molecular weight excluding hydrogens is 327 g/mol. The normalized spacial score (nSPS) is 15.0. The van der Waals surface area contributed by atoms with E-state index in [0.717, 1.165) is 5.56 Å². The Hall–Kier alpha value is -2.67. The van der Waals surface area contributed by atoms with E-state index in [1.54, 1.807) is 18.2 Å². The largest absolute Gasteiger partial charge is 0.467 e. The second kappa shape index (κ2) is 7.48. The number of fused-ring (bicyclic) bond motifs is 1. The summed E-state index contributed by atoms with van der Waals surface area (Å²) in [6.45, 7) is 0.238. The Bertz CT molecular complexity index is 760. The van der Waals surface area contributed by atoms with Crippen LogP contribution in [-0.4, -0.2) is 30.0 Å². The highest BCUT2D eigenvalue weighted by atomic mass is 19.1. The fourth-order valence-electron chi connectivity index (χ4n) is 2.87. The van der Waals surface area contributed by atoms with Gasteiger partial charge in [-0.25, -0.2) is 4.39 Å². The van der Waals surface area contributed by atoms with Crippen LogP contribution in [0.3, 0.4) is 0 Å². The van der Waals surface area contributed by atoms with Crippen molar-refractivity contribution in [3.63, 3.8) is 0 Å². The number of rotatable bonds is 6. The molecule has 3 rings (SSSR count). The molecule has 7 heteroatoms. The quantitative estimate of drug-likeness (QED) is 0.837. The van der Waals surface area contributed by atoms with Gasteiger partial charge >= 0.3 is 0 Å². The van der Waals surface area contributed by atoms with Crippen LogP contribution in [0.5, 0.6) is 0 Å². The Labute approximate surface area is 144 Å². The third kappa shape index (κ3) is 4.06. The Kier molecular flexibility index (Phi) is 5.14. The molecule has 0 spiro atoms. The van der Waals surface area contributed by atoms with E-state index in [4.69, 9.17) is 4.42 Å². The number of nitrogens with one attached hydrogen (secondary N) is 1. The highest BCUT2D eigenvalue weighted by Crippen LogP contribution is 2.28. The fourth-order valence-corrected chi connectivity index (χ4v) is 2.87. The number of aryl methyl sites for hydroxylation is 1. The molecule has 1 atom stereocenters. The lowest BCUT2D eigenvalue weighted by molar-refractivity contribution is -0.121. The van der Waals surface area contributed by atoms with Crippen LogP contribution in [0.15, 0.2) is 41.0 Å². The van der Waals surface area contributed by atoms with Gasteiger partial charge in [0.05, 0.1) is 12.8 Å². The van der Waals surface area contributed by atoms with E-state index in [2.05, 4.69) is 5.32 Å². The lowest BCUT2D eigenvalue weighted by atomic mass is 10.0. The first kappa shape index (κ1) is 17.2. The van der Waals surface area contributed by atoms with E-state index in [0.29, 0.717) is 24.3 Å². The number of aliphatic hydroxyl groups excluding tert-OH is 1. The number of hydrogen-bond acceptors (Lipinski definition) is 4. The maximum atomic E-state index is 13.3. The summed E-state index contributed by atoms with van der Waals surface area (Å²) in [6.07, 6.45) is 1.43. The van der Waals surface area contributed by atoms with E-state index in [1.165, 1.54) is 23.3 Å². The number of hydrogen-bond donors (Lipinski definition) is 2. The predicted octanol–water partition coefficient (Wildman–Crippen LogP) is 1.94. The monoisotopic (exact) mass is 346 g/mol. The van der Waals surface area contributed by atoms with Crippen molar-refractivity contribution in [3.8, 4) is 0 Å². The molecule has 1 aliphatic rings. The third-order valence-corrected chi connectivity index (χ3v) is 4.17. The zero-order chi connectivity index (χ0) is 17.8. The van der Waals surface area contributed by atoms with Crippen molar-refractivity contribution >= 4 is 17.5 Å². The molecule has 1 aromatic heterocycles. The smallest absolute Gasteiger partial charge is 0.227 e. The second-order valence-electron chi connectivity index (χ2n) is 5.90. The van der Waals surface area contributed by atoms with Crippen LogP contribution in [0.1, 0.15) is 30.3 Å². The first-order valence-corrected chi connectivity index (χ1v) is 8.11. The number of carbonyl (C=O) groups excluding carboxylic acids is 2. The SMILES string of the molecule is O=C(CCN1C(=O)CCc2cc(F)ccc21)NC[C@H](O)c1ccco1. The van der Waals surface area contributed by atoms with Gasteiger partial charge in [-0.3, -0.25) is 9.59 Å². The van der Waals surface area contributed by atoms with Gasteiger partial charge in [0.25, 0.3) is 0 Å². The highest BCUT2D eigenvalue weighted by molar-refractivity contribution is 5.97. The van der Waals surface area contributed by atoms with Crippen LogP contribution in [-0.2, 0) is 16.0 Å². The van der Waals surface area contributed by atoms with E-state index >= 15 is 0 Å². The average molecular weight is 346 g/mol. The number of carbonyl (C=O) groups is 2. The molecule has 0 fully saturated rings. The number of furan rings is 1. The van der Waals surface area contributed by atoms with Gasteiger partial charge in [-0.15, -0.1) is 0 Å². The van der Waals surface area contributed by atoms with Gasteiger partial charge in [-0.2, -0.15) is 0 Å². The molecule has 0 radical (unpaired) electrons. The summed E-state index contributed by atoms with van der Waals surface area (Å²) in [6, 6.07) is 7.58. The van der Waals surface area contributed by atoms with Crippen molar-refractivity contribution in [1.82, 2.24) is 5.32 Å². The minimum atomic E-state index is -0.917. The molecule has 132 valence electrons. The fraction of sp³-hybridized carbons (Fsp3) is 0.333. The van der Waals surface area contributed by atoms with Crippen molar-refractivity contribution in [2.45, 2.75) is 25.4 Å². The summed E-state index contributed by atoms with van der Waals surface area (Å²) in [5.74, 6) is -0.324. The van der Waals surface area contributed by atoms with Crippen LogP contribution in [0, 0.1) is 5.82 Å². The zero-order valence-electron chi connectivity index (χ0n) is 13.6. The van der Waals surface area contributed by atoms with Crippen molar-refractivity contribution < 1.29 is 23.5 Å². The first-order chi connectivity index (χ1) is 12.0. The Morgan fingerprint density at radius 1 is 1.36 bits per heavy atom. The van der Waals surface area contributed by atoms with Gasteiger partial charge in [0.2, 0.25) is 11.8 Å². The summed E-state index contributed by atoms with van der Waals surface area (Å²) < 4.78 is 18.4. The maximum absolute atomic E-state index is 13.3. The summed E-state index contributed by atoms with van der Waals surface area (Å²) in [7, 11) is 0. The number of aliphatic hydroxyl groups is 1. The molecule has 25 heavy (non-hydrogen) atoms. The zero-order valence-corrected chi connectivity index (χ0v) is 13.6. The van der Waals surface area contributed by atoms with E-state index in [-0.39, 0.29) is 37.1 Å². The number of halogens is 1. The standard InChI is InChI=1S/C18H19FN2O4/c19-13-4-5-14-12(10-13)3-6-18(24)21(14)8-7-17(23)20-11-15(22)16-2-1-9-25-16/h1-2,4-5,9-10,15,22H,3,6-8,11H2,(H,20,23)/t15-/m0/s1. The average Bonchev–Trinajstić information content (AvgIpc) is 3.13. The van der Waals surface area contributed by atoms with Crippen molar-refractivity contribution in [2.75, 3.05) is 18.0 Å². The molecule has 1 aliphatic heterocycles. The van der Waals surface area contributed by atoms with Crippen LogP contribution in [0.25, 0.3) is 0 Å². The summed E-state index contributed by atoms with van der Waals surface area (Å²) >= 11 is 0. The van der Waals surface area contributed by atoms with Gasteiger partial charge in [0, 0.05) is 25.1 Å². The van der Waals surface area contributed by atoms with Gasteiger partial charge in [-0.05, 0) is 42.3 Å². The number of amides is 2. The molecule has 0 aliphatic carbocycles. The molecule has 1 aromatic carbocycles. The maximum Gasteiger partial charge on any atom is 0.227 e. The first-order valence-electron chi connectivity index (χ1n) is 8.11.